The Morgan fingerprint density at radius 2 is 1.47 bits per heavy atom. The van der Waals surface area contributed by atoms with Gasteiger partial charge in [-0.1, -0.05) is 56.1 Å². The number of nitrogens with zero attached hydrogens (tertiary/aromatic N) is 6. The van der Waals surface area contributed by atoms with Crippen LogP contribution in [0.4, 0.5) is 28.6 Å². The third-order valence-electron chi connectivity index (χ3n) is 7.93. The van der Waals surface area contributed by atoms with E-state index in [9.17, 15) is 47.6 Å². The van der Waals surface area contributed by atoms with Crippen molar-refractivity contribution >= 4 is 85.6 Å². The number of aliphatic carboxylic acids is 2. The summed E-state index contributed by atoms with van der Waals surface area (Å²) in [5.41, 5.74) is -0.108. The van der Waals surface area contributed by atoms with Crippen LogP contribution in [-0.4, -0.2) is 86.0 Å². The van der Waals surface area contributed by atoms with Crippen LogP contribution in [0.1, 0.15) is 49.3 Å². The molecule has 0 bridgehead atoms. The summed E-state index contributed by atoms with van der Waals surface area (Å²) in [6.07, 6.45) is 0. The van der Waals surface area contributed by atoms with E-state index in [2.05, 4.69) is 32.0 Å². The Balaban J connectivity index is 0.00000641. The number of hydrogen-bond donors (Lipinski definition) is 2. The average Bonchev–Trinajstić information content (AvgIpc) is 3.51. The first-order valence-electron chi connectivity index (χ1n) is 17.2. The second-order valence-corrected chi connectivity index (χ2v) is 15.6. The predicted molar refractivity (Wildman–Crippen MR) is 208 cm³/mol. The number of carboxylic acid groups (broad SMARTS) is 2. The second-order valence-electron chi connectivity index (χ2n) is 13.4. The SMILES string of the molecule is CC(=O)Nc1cc(N(CCOCC(=O)[O-])CCOCC(=O)[O-])ccc1N=Nc1c(C#N)c(C(C)(C)C)nn1-c1c(Cl)cc(NC(=O)c2ccccc2S(=O)(=O)[O-])cc1Cl.[Na+].[Na+].[Na+]. The van der Waals surface area contributed by atoms with Gasteiger partial charge in [0.1, 0.15) is 33.1 Å². The molecule has 0 radical (unpaired) electrons. The van der Waals surface area contributed by atoms with Crippen LogP contribution in [0.15, 0.2) is 69.7 Å². The zero-order chi connectivity index (χ0) is 43.7. The Bertz CT molecular complexity index is 2420. The Morgan fingerprint density at radius 1 is 0.903 bits per heavy atom. The van der Waals surface area contributed by atoms with Gasteiger partial charge in [-0.15, -0.1) is 10.2 Å². The zero-order valence-electron chi connectivity index (χ0n) is 34.8. The molecular formula is C37H35Cl2N8Na3O11S. The van der Waals surface area contributed by atoms with Gasteiger partial charge in [-0.3, -0.25) is 9.59 Å². The number of carbonyl (C=O) groups is 4. The summed E-state index contributed by atoms with van der Waals surface area (Å²) in [5, 5.41) is 50.3. The van der Waals surface area contributed by atoms with E-state index in [4.69, 9.17) is 32.7 Å². The van der Waals surface area contributed by atoms with Crippen molar-refractivity contribution in [1.29, 1.82) is 5.26 Å². The first kappa shape index (κ1) is 57.1. The third-order valence-corrected chi connectivity index (χ3v) is 9.40. The molecule has 4 rings (SSSR count). The first-order valence-corrected chi connectivity index (χ1v) is 19.4. The summed E-state index contributed by atoms with van der Waals surface area (Å²) in [6.45, 7) is 5.43. The quantitative estimate of drug-likeness (QED) is 0.0407. The van der Waals surface area contributed by atoms with Crippen LogP contribution in [0.2, 0.25) is 10.0 Å². The van der Waals surface area contributed by atoms with E-state index >= 15 is 0 Å². The molecule has 1 heterocycles. The van der Waals surface area contributed by atoms with Gasteiger partial charge >= 0.3 is 88.7 Å². The molecule has 0 unspecified atom stereocenters. The number of rotatable bonds is 18. The Labute approximate surface area is 433 Å². The molecule has 0 fully saturated rings. The molecule has 1 aromatic heterocycles. The third kappa shape index (κ3) is 15.9. The van der Waals surface area contributed by atoms with Gasteiger partial charge in [-0.25, -0.2) is 13.1 Å². The van der Waals surface area contributed by atoms with Crippen LogP contribution >= 0.6 is 23.2 Å². The fourth-order valence-electron chi connectivity index (χ4n) is 5.43. The van der Waals surface area contributed by atoms with E-state index in [-0.39, 0.29) is 165 Å². The van der Waals surface area contributed by atoms with Gasteiger partial charge in [0.25, 0.3) is 5.91 Å². The predicted octanol–water partition coefficient (Wildman–Crippen LogP) is -5.77. The maximum absolute atomic E-state index is 13.1. The number of carboxylic acids is 2. The van der Waals surface area contributed by atoms with Crippen LogP contribution < -0.4 is 114 Å². The normalized spacial score (nSPS) is 11.1. The maximum Gasteiger partial charge on any atom is 1.00 e. The number of carbonyl (C=O) groups excluding carboxylic acids is 4. The molecule has 62 heavy (non-hydrogen) atoms. The fraction of sp³-hybridized carbons (Fsp3) is 0.297. The Morgan fingerprint density at radius 3 is 1.97 bits per heavy atom. The summed E-state index contributed by atoms with van der Waals surface area (Å²) in [4.78, 5) is 48.0. The van der Waals surface area contributed by atoms with Crippen molar-refractivity contribution in [3.05, 3.63) is 81.5 Å². The van der Waals surface area contributed by atoms with Crippen molar-refractivity contribution in [2.24, 2.45) is 10.2 Å². The van der Waals surface area contributed by atoms with E-state index in [0.717, 1.165) is 12.1 Å². The molecule has 3 aromatic carbocycles. The molecule has 0 aliphatic heterocycles. The average molecular weight is 940 g/mol. The summed E-state index contributed by atoms with van der Waals surface area (Å²) in [5.74, 6) is -4.38. The smallest absolute Gasteiger partial charge is 0.744 e. The summed E-state index contributed by atoms with van der Waals surface area (Å²) in [7, 11) is -4.99. The molecule has 312 valence electrons. The minimum atomic E-state index is -4.99. The van der Waals surface area contributed by atoms with Crippen LogP contribution in [0.3, 0.4) is 0 Å². The van der Waals surface area contributed by atoms with Crippen LogP contribution in [0.5, 0.6) is 0 Å². The van der Waals surface area contributed by atoms with Crippen LogP contribution in [0, 0.1) is 11.3 Å². The summed E-state index contributed by atoms with van der Waals surface area (Å²) in [6, 6.07) is 14.1. The second kappa shape index (κ2) is 25.5. The zero-order valence-corrected chi connectivity index (χ0v) is 43.1. The van der Waals surface area contributed by atoms with Crippen molar-refractivity contribution in [3.8, 4) is 11.8 Å². The van der Waals surface area contributed by atoms with Crippen LogP contribution in [0.25, 0.3) is 5.69 Å². The largest absolute Gasteiger partial charge is 1.00 e. The number of anilines is 3. The van der Waals surface area contributed by atoms with E-state index < -0.39 is 63.0 Å². The fourth-order valence-corrected chi connectivity index (χ4v) is 6.75. The van der Waals surface area contributed by atoms with Crippen molar-refractivity contribution < 1.29 is 141 Å². The molecule has 0 aliphatic rings. The first-order chi connectivity index (χ1) is 27.7. The molecular weight excluding hydrogens is 904 g/mol. The molecule has 25 heteroatoms. The van der Waals surface area contributed by atoms with Gasteiger partial charge in [-0.05, 0) is 42.5 Å². The van der Waals surface area contributed by atoms with E-state index in [1.54, 1.807) is 31.7 Å². The Hall–Kier alpha value is -2.95. The molecule has 19 nitrogen and oxygen atoms in total. The molecule has 4 aromatic rings. The molecule has 0 saturated heterocycles. The van der Waals surface area contributed by atoms with E-state index in [1.807, 2.05) is 0 Å². The molecule has 0 aliphatic carbocycles. The maximum atomic E-state index is 13.1. The number of amides is 2. The minimum Gasteiger partial charge on any atom is -0.744 e. The number of ether oxygens (including phenoxy) is 2. The van der Waals surface area contributed by atoms with Gasteiger partial charge in [-0.2, -0.15) is 10.4 Å². The number of nitrogens with one attached hydrogen (secondary N) is 2. The molecule has 0 atom stereocenters. The number of hydrogen-bond acceptors (Lipinski definition) is 16. The number of aromatic nitrogens is 2. The van der Waals surface area contributed by atoms with E-state index in [1.165, 1.54) is 48.0 Å². The monoisotopic (exact) mass is 938 g/mol. The molecule has 0 spiro atoms. The van der Waals surface area contributed by atoms with Crippen molar-refractivity contribution in [1.82, 2.24) is 9.78 Å². The van der Waals surface area contributed by atoms with Crippen molar-refractivity contribution in [2.75, 3.05) is 55.1 Å². The number of azo groups is 1. The minimum absolute atomic E-state index is 0. The Kier molecular flexibility index (Phi) is 23.5. The number of nitriles is 1. The number of benzene rings is 3. The molecule has 0 saturated carbocycles. The molecule has 2 amide bonds. The standard InChI is InChI=1S/C37H38Cl2N8O11S.3Na/c1-21(48)41-29-17-23(46(11-13-57-19-31(49)50)12-14-58-20-32(51)52)9-10-28(29)43-44-35-25(18-40)34(37(2,3)4)45-47(35)33-26(38)15-22(16-27(33)39)42-36(53)24-7-5-6-8-30(24)59(54,55)56;;;/h5-10,15-17H,11-14,19-20H2,1-4H3,(H,41,48)(H,42,53)(H,49,50)(H,51,52)(H,54,55,56);;;/q;3*+1/p-3. The van der Waals surface area contributed by atoms with Gasteiger partial charge in [0.15, 0.2) is 5.82 Å². The van der Waals surface area contributed by atoms with Crippen molar-refractivity contribution in [2.45, 2.75) is 38.0 Å². The summed E-state index contributed by atoms with van der Waals surface area (Å²) < 4.78 is 46.7. The van der Waals surface area contributed by atoms with Gasteiger partial charge in [0.05, 0.1) is 70.3 Å². The topological polar surface area (TPSA) is 284 Å². The summed E-state index contributed by atoms with van der Waals surface area (Å²) >= 11 is 13.5. The number of halogens is 2. The van der Waals surface area contributed by atoms with Gasteiger partial charge in [0.2, 0.25) is 5.91 Å². The van der Waals surface area contributed by atoms with Gasteiger partial charge in [0, 0.05) is 36.8 Å². The van der Waals surface area contributed by atoms with E-state index in [0.29, 0.717) is 5.69 Å². The molecule has 2 N–H and O–H groups in total. The van der Waals surface area contributed by atoms with Crippen molar-refractivity contribution in [3.63, 3.8) is 0 Å². The van der Waals surface area contributed by atoms with Gasteiger partial charge < -0.3 is 49.4 Å². The van der Waals surface area contributed by atoms with Crippen LogP contribution in [-0.2, 0) is 39.4 Å².